The van der Waals surface area contributed by atoms with E-state index in [1.807, 2.05) is 0 Å². The van der Waals surface area contributed by atoms with E-state index in [4.69, 9.17) is 5.73 Å². The van der Waals surface area contributed by atoms with E-state index in [1.165, 1.54) is 13.0 Å². The average molecular weight is 128 g/mol. The summed E-state index contributed by atoms with van der Waals surface area (Å²) >= 11 is 0. The van der Waals surface area contributed by atoms with E-state index < -0.39 is 0 Å². The maximum atomic E-state index is 10.3. The zero-order valence-electron chi connectivity index (χ0n) is 5.77. The molecule has 0 fully saturated rings. The molecule has 0 amide bonds. The number of allylic oxidation sites excluding steroid dienone is 1. The molecule has 0 atom stereocenters. The van der Waals surface area contributed by atoms with Crippen molar-refractivity contribution < 1.29 is 4.79 Å². The number of carbonyl (C=O) groups is 1. The summed E-state index contributed by atoms with van der Waals surface area (Å²) in [5, 5.41) is 2.83. The molecule has 0 aromatic rings. The Hall–Kier alpha value is -0.830. The molecular formula is C6H12N2O. The average Bonchev–Trinajstić information content (AvgIpc) is 1.63. The molecule has 3 N–H and O–H groups in total. The third-order valence-corrected chi connectivity index (χ3v) is 0.770. The summed E-state index contributed by atoms with van der Waals surface area (Å²) in [5.41, 5.74) is 5.94. The first-order chi connectivity index (χ1) is 4.16. The minimum atomic E-state index is -0.0113. The third kappa shape index (κ3) is 5.03. The molecule has 0 saturated heterocycles. The predicted molar refractivity (Wildman–Crippen MR) is 36.9 cm³/mol. The summed E-state index contributed by atoms with van der Waals surface area (Å²) in [6.45, 7) is 2.04. The van der Waals surface area contributed by atoms with Gasteiger partial charge in [-0.1, -0.05) is 0 Å². The SMILES string of the molecule is CNCC(N)=CC(C)=O. The van der Waals surface area contributed by atoms with Gasteiger partial charge < -0.3 is 11.1 Å². The van der Waals surface area contributed by atoms with Crippen molar-refractivity contribution >= 4 is 5.78 Å². The molecule has 0 spiro atoms. The second kappa shape index (κ2) is 4.09. The number of likely N-dealkylation sites (N-methyl/N-ethyl adjacent to an activating group) is 1. The number of nitrogens with one attached hydrogen (secondary N) is 1. The topological polar surface area (TPSA) is 55.1 Å². The fourth-order valence-corrected chi connectivity index (χ4v) is 0.516. The van der Waals surface area contributed by atoms with Gasteiger partial charge in [0.1, 0.15) is 0 Å². The van der Waals surface area contributed by atoms with Gasteiger partial charge in [-0.2, -0.15) is 0 Å². The van der Waals surface area contributed by atoms with Crippen molar-refractivity contribution in [3.63, 3.8) is 0 Å². The first-order valence-electron chi connectivity index (χ1n) is 2.78. The van der Waals surface area contributed by atoms with Crippen LogP contribution in [-0.2, 0) is 4.79 Å². The van der Waals surface area contributed by atoms with Crippen molar-refractivity contribution in [2.75, 3.05) is 13.6 Å². The molecule has 0 heterocycles. The van der Waals surface area contributed by atoms with Crippen LogP contribution in [0.4, 0.5) is 0 Å². The summed E-state index contributed by atoms with van der Waals surface area (Å²) in [7, 11) is 1.78. The van der Waals surface area contributed by atoms with Gasteiger partial charge in [-0.3, -0.25) is 4.79 Å². The van der Waals surface area contributed by atoms with Crippen LogP contribution in [0.15, 0.2) is 11.8 Å². The van der Waals surface area contributed by atoms with Gasteiger partial charge in [-0.15, -0.1) is 0 Å². The second-order valence-electron chi connectivity index (χ2n) is 1.86. The van der Waals surface area contributed by atoms with Crippen LogP contribution < -0.4 is 11.1 Å². The normalized spacial score (nSPS) is 11.6. The smallest absolute Gasteiger partial charge is 0.154 e. The van der Waals surface area contributed by atoms with Crippen molar-refractivity contribution in [2.45, 2.75) is 6.92 Å². The minimum absolute atomic E-state index is 0.0113. The monoisotopic (exact) mass is 128 g/mol. The van der Waals surface area contributed by atoms with Gasteiger partial charge in [0.05, 0.1) is 0 Å². The lowest BCUT2D eigenvalue weighted by Crippen LogP contribution is -2.16. The third-order valence-electron chi connectivity index (χ3n) is 0.770. The molecule has 3 nitrogen and oxygen atoms in total. The van der Waals surface area contributed by atoms with E-state index in [0.29, 0.717) is 12.2 Å². The second-order valence-corrected chi connectivity index (χ2v) is 1.86. The van der Waals surface area contributed by atoms with E-state index >= 15 is 0 Å². The number of nitrogens with two attached hydrogens (primary N) is 1. The first kappa shape index (κ1) is 8.17. The maximum Gasteiger partial charge on any atom is 0.154 e. The molecule has 0 aromatic carbocycles. The summed E-state index contributed by atoms with van der Waals surface area (Å²) in [6.07, 6.45) is 1.41. The highest BCUT2D eigenvalue weighted by Crippen LogP contribution is 1.80. The lowest BCUT2D eigenvalue weighted by atomic mass is 10.3. The zero-order valence-corrected chi connectivity index (χ0v) is 5.77. The molecule has 0 saturated carbocycles. The number of ketones is 1. The Morgan fingerprint density at radius 2 is 2.33 bits per heavy atom. The highest BCUT2D eigenvalue weighted by Gasteiger charge is 1.88. The predicted octanol–water partition coefficient (Wildman–Crippen LogP) is -0.363. The van der Waals surface area contributed by atoms with Crippen molar-refractivity contribution in [1.82, 2.24) is 5.32 Å². The van der Waals surface area contributed by atoms with Crippen LogP contribution in [0.5, 0.6) is 0 Å². The van der Waals surface area contributed by atoms with Crippen LogP contribution in [0.2, 0.25) is 0 Å². The molecule has 0 aromatic heterocycles. The standard InChI is InChI=1S/C6H12N2O/c1-5(9)3-6(7)4-8-2/h3,8H,4,7H2,1-2H3. The number of hydrogen-bond acceptors (Lipinski definition) is 3. The Morgan fingerprint density at radius 1 is 1.78 bits per heavy atom. The van der Waals surface area contributed by atoms with Crippen molar-refractivity contribution in [2.24, 2.45) is 5.73 Å². The Labute approximate surface area is 54.9 Å². The van der Waals surface area contributed by atoms with Crippen molar-refractivity contribution in [3.8, 4) is 0 Å². The molecule has 0 bridgehead atoms. The van der Waals surface area contributed by atoms with E-state index in [1.54, 1.807) is 7.05 Å². The van der Waals surface area contributed by atoms with E-state index in [0.717, 1.165) is 0 Å². The minimum Gasteiger partial charge on any atom is -0.401 e. The summed E-state index contributed by atoms with van der Waals surface area (Å²) in [4.78, 5) is 10.3. The largest absolute Gasteiger partial charge is 0.401 e. The molecule has 9 heavy (non-hydrogen) atoms. The lowest BCUT2D eigenvalue weighted by molar-refractivity contribution is -0.112. The van der Waals surface area contributed by atoms with Crippen LogP contribution in [-0.4, -0.2) is 19.4 Å². The molecule has 0 rings (SSSR count). The Bertz CT molecular complexity index is 129. The molecule has 0 aliphatic heterocycles. The van der Waals surface area contributed by atoms with Gasteiger partial charge in [0.15, 0.2) is 5.78 Å². The van der Waals surface area contributed by atoms with Crippen LogP contribution in [0.3, 0.4) is 0 Å². The highest BCUT2D eigenvalue weighted by molar-refractivity contribution is 5.87. The summed E-state index contributed by atoms with van der Waals surface area (Å²) < 4.78 is 0. The maximum absolute atomic E-state index is 10.3. The number of carbonyl (C=O) groups excluding carboxylic acids is 1. The zero-order chi connectivity index (χ0) is 7.28. The molecule has 0 aliphatic carbocycles. The van der Waals surface area contributed by atoms with Gasteiger partial charge in [-0.05, 0) is 14.0 Å². The van der Waals surface area contributed by atoms with Gasteiger partial charge >= 0.3 is 0 Å². The fraction of sp³-hybridized carbons (Fsp3) is 0.500. The van der Waals surface area contributed by atoms with E-state index in [2.05, 4.69) is 5.32 Å². The number of rotatable bonds is 3. The van der Waals surface area contributed by atoms with Crippen molar-refractivity contribution in [1.29, 1.82) is 0 Å². The number of hydrogen-bond donors (Lipinski definition) is 2. The summed E-state index contributed by atoms with van der Waals surface area (Å²) in [5.74, 6) is -0.0113. The van der Waals surface area contributed by atoms with E-state index in [9.17, 15) is 4.79 Å². The van der Waals surface area contributed by atoms with Crippen LogP contribution in [0.1, 0.15) is 6.92 Å². The summed E-state index contributed by atoms with van der Waals surface area (Å²) in [6, 6.07) is 0. The van der Waals surface area contributed by atoms with Crippen LogP contribution in [0, 0.1) is 0 Å². The molecule has 0 unspecified atom stereocenters. The first-order valence-corrected chi connectivity index (χ1v) is 2.78. The Kier molecular flexibility index (Phi) is 3.71. The molecule has 0 aliphatic rings. The van der Waals surface area contributed by atoms with Crippen LogP contribution in [0.25, 0.3) is 0 Å². The molecule has 3 heteroatoms. The Balaban J connectivity index is 3.69. The van der Waals surface area contributed by atoms with Crippen molar-refractivity contribution in [3.05, 3.63) is 11.8 Å². The van der Waals surface area contributed by atoms with Gasteiger partial charge in [0, 0.05) is 18.3 Å². The molecule has 0 radical (unpaired) electrons. The Morgan fingerprint density at radius 3 is 2.67 bits per heavy atom. The van der Waals surface area contributed by atoms with Gasteiger partial charge in [0.25, 0.3) is 0 Å². The van der Waals surface area contributed by atoms with Crippen LogP contribution >= 0.6 is 0 Å². The highest BCUT2D eigenvalue weighted by atomic mass is 16.1. The van der Waals surface area contributed by atoms with Gasteiger partial charge in [-0.25, -0.2) is 0 Å². The molecular weight excluding hydrogens is 116 g/mol. The molecule has 52 valence electrons. The van der Waals surface area contributed by atoms with E-state index in [-0.39, 0.29) is 5.78 Å². The lowest BCUT2D eigenvalue weighted by Gasteiger charge is -1.95. The van der Waals surface area contributed by atoms with Gasteiger partial charge in [0.2, 0.25) is 0 Å². The quantitative estimate of drug-likeness (QED) is 0.510. The fourth-order valence-electron chi connectivity index (χ4n) is 0.516.